The van der Waals surface area contributed by atoms with Crippen molar-refractivity contribution in [3.63, 3.8) is 0 Å². The van der Waals surface area contributed by atoms with E-state index in [1.54, 1.807) is 13.2 Å². The van der Waals surface area contributed by atoms with Gasteiger partial charge < -0.3 is 15.4 Å². The zero-order valence-electron chi connectivity index (χ0n) is 10.8. The molecule has 0 amide bonds. The van der Waals surface area contributed by atoms with Crippen LogP contribution >= 0.6 is 15.9 Å². The zero-order chi connectivity index (χ0) is 13.4. The van der Waals surface area contributed by atoms with Gasteiger partial charge in [-0.2, -0.15) is 0 Å². The Labute approximate surface area is 116 Å². The van der Waals surface area contributed by atoms with Gasteiger partial charge in [-0.25, -0.2) is 4.39 Å². The van der Waals surface area contributed by atoms with Gasteiger partial charge in [-0.15, -0.1) is 0 Å². The van der Waals surface area contributed by atoms with Crippen molar-refractivity contribution < 1.29 is 9.13 Å². The molecular formula is C13H20BrFN2O. The fourth-order valence-electron chi connectivity index (χ4n) is 1.51. The summed E-state index contributed by atoms with van der Waals surface area (Å²) in [7, 11) is 1.69. The molecule has 1 unspecified atom stereocenters. The highest BCUT2D eigenvalue weighted by Crippen LogP contribution is 2.17. The highest BCUT2D eigenvalue weighted by molar-refractivity contribution is 9.10. The summed E-state index contributed by atoms with van der Waals surface area (Å²) in [6.45, 7) is 5.27. The Balaban J connectivity index is 2.27. The summed E-state index contributed by atoms with van der Waals surface area (Å²) in [5.41, 5.74) is 1.06. The standard InChI is InChI=1S/C13H20BrFN2O/c1-10(8-16-5-6-18-2)17-9-11-3-4-12(15)7-13(11)14/h3-4,7,10,16-17H,5-6,8-9H2,1-2H3. The van der Waals surface area contributed by atoms with E-state index >= 15 is 0 Å². The Morgan fingerprint density at radius 1 is 1.44 bits per heavy atom. The maximum Gasteiger partial charge on any atom is 0.124 e. The lowest BCUT2D eigenvalue weighted by molar-refractivity contribution is 0.198. The maximum atomic E-state index is 12.9. The molecule has 0 bridgehead atoms. The molecule has 0 aliphatic carbocycles. The summed E-state index contributed by atoms with van der Waals surface area (Å²) in [5, 5.41) is 6.67. The van der Waals surface area contributed by atoms with Crippen molar-refractivity contribution in [2.75, 3.05) is 26.8 Å². The quantitative estimate of drug-likeness (QED) is 0.722. The van der Waals surface area contributed by atoms with Crippen molar-refractivity contribution in [1.29, 1.82) is 0 Å². The molecule has 2 N–H and O–H groups in total. The molecule has 0 aliphatic rings. The van der Waals surface area contributed by atoms with Crippen LogP contribution in [-0.2, 0) is 11.3 Å². The minimum atomic E-state index is -0.222. The van der Waals surface area contributed by atoms with Crippen LogP contribution < -0.4 is 10.6 Å². The fraction of sp³-hybridized carbons (Fsp3) is 0.538. The number of rotatable bonds is 8. The molecule has 18 heavy (non-hydrogen) atoms. The topological polar surface area (TPSA) is 33.3 Å². The van der Waals surface area contributed by atoms with Crippen molar-refractivity contribution in [3.8, 4) is 0 Å². The third-order valence-corrected chi connectivity index (χ3v) is 3.33. The number of halogens is 2. The maximum absolute atomic E-state index is 12.9. The van der Waals surface area contributed by atoms with Crippen LogP contribution in [0.2, 0.25) is 0 Å². The summed E-state index contributed by atoms with van der Waals surface area (Å²) in [4.78, 5) is 0. The first-order valence-corrected chi connectivity index (χ1v) is 6.79. The molecule has 0 fully saturated rings. The second kappa shape index (κ2) is 8.58. The number of methoxy groups -OCH3 is 1. The smallest absolute Gasteiger partial charge is 0.124 e. The number of hydrogen-bond donors (Lipinski definition) is 2. The largest absolute Gasteiger partial charge is 0.383 e. The lowest BCUT2D eigenvalue weighted by atomic mass is 10.2. The second-order valence-corrected chi connectivity index (χ2v) is 5.07. The fourth-order valence-corrected chi connectivity index (χ4v) is 2.01. The van der Waals surface area contributed by atoms with E-state index in [0.717, 1.165) is 29.7 Å². The van der Waals surface area contributed by atoms with Crippen molar-refractivity contribution >= 4 is 15.9 Å². The van der Waals surface area contributed by atoms with Crippen molar-refractivity contribution in [2.24, 2.45) is 0 Å². The minimum absolute atomic E-state index is 0.222. The van der Waals surface area contributed by atoms with Crippen molar-refractivity contribution in [1.82, 2.24) is 10.6 Å². The van der Waals surface area contributed by atoms with Crippen molar-refractivity contribution in [3.05, 3.63) is 34.1 Å². The molecule has 1 aromatic carbocycles. The Bertz CT molecular complexity index is 363. The third-order valence-electron chi connectivity index (χ3n) is 2.59. The molecule has 5 heteroatoms. The summed E-state index contributed by atoms with van der Waals surface area (Å²) < 4.78 is 18.7. The molecule has 0 saturated heterocycles. The van der Waals surface area contributed by atoms with Crippen LogP contribution in [-0.4, -0.2) is 32.8 Å². The molecule has 0 spiro atoms. The zero-order valence-corrected chi connectivity index (χ0v) is 12.4. The van der Waals surface area contributed by atoms with Crippen LogP contribution in [0.3, 0.4) is 0 Å². The van der Waals surface area contributed by atoms with Gasteiger partial charge in [0.1, 0.15) is 5.82 Å². The van der Waals surface area contributed by atoms with Gasteiger partial charge in [-0.1, -0.05) is 22.0 Å². The molecule has 0 aromatic heterocycles. The van der Waals surface area contributed by atoms with Gasteiger partial charge in [0.2, 0.25) is 0 Å². The van der Waals surface area contributed by atoms with Gasteiger partial charge in [-0.05, 0) is 24.6 Å². The molecular weight excluding hydrogens is 299 g/mol. The van der Waals surface area contributed by atoms with Gasteiger partial charge >= 0.3 is 0 Å². The van der Waals surface area contributed by atoms with Gasteiger partial charge in [0.05, 0.1) is 6.61 Å². The number of benzene rings is 1. The minimum Gasteiger partial charge on any atom is -0.383 e. The molecule has 102 valence electrons. The third kappa shape index (κ3) is 5.91. The average Bonchev–Trinajstić information content (AvgIpc) is 2.33. The number of hydrogen-bond acceptors (Lipinski definition) is 3. The van der Waals surface area contributed by atoms with Gasteiger partial charge in [0.25, 0.3) is 0 Å². The van der Waals surface area contributed by atoms with Gasteiger partial charge in [0, 0.05) is 37.3 Å². The first-order valence-electron chi connectivity index (χ1n) is 6.00. The average molecular weight is 319 g/mol. The van der Waals surface area contributed by atoms with Crippen molar-refractivity contribution in [2.45, 2.75) is 19.5 Å². The molecule has 1 atom stereocenters. The van der Waals surface area contributed by atoms with E-state index in [1.165, 1.54) is 12.1 Å². The lowest BCUT2D eigenvalue weighted by Gasteiger charge is -2.15. The Kier molecular flexibility index (Phi) is 7.42. The van der Waals surface area contributed by atoms with Crippen LogP contribution in [0.25, 0.3) is 0 Å². The molecule has 1 aromatic rings. The van der Waals surface area contributed by atoms with E-state index in [4.69, 9.17) is 4.74 Å². The Morgan fingerprint density at radius 2 is 2.22 bits per heavy atom. The first kappa shape index (κ1) is 15.6. The number of nitrogens with one attached hydrogen (secondary N) is 2. The normalized spacial score (nSPS) is 12.7. The van der Waals surface area contributed by atoms with Gasteiger partial charge in [-0.3, -0.25) is 0 Å². The molecule has 1 rings (SSSR count). The predicted molar refractivity (Wildman–Crippen MR) is 75.1 cm³/mol. The van der Waals surface area contributed by atoms with E-state index in [9.17, 15) is 4.39 Å². The molecule has 0 radical (unpaired) electrons. The molecule has 0 aliphatic heterocycles. The van der Waals surface area contributed by atoms with E-state index in [2.05, 4.69) is 33.5 Å². The van der Waals surface area contributed by atoms with E-state index in [0.29, 0.717) is 12.6 Å². The highest BCUT2D eigenvalue weighted by atomic mass is 79.9. The SMILES string of the molecule is COCCNCC(C)NCc1ccc(F)cc1Br. The lowest BCUT2D eigenvalue weighted by Crippen LogP contribution is -2.37. The summed E-state index contributed by atoms with van der Waals surface area (Å²) in [6.07, 6.45) is 0. The van der Waals surface area contributed by atoms with Crippen LogP contribution in [0.1, 0.15) is 12.5 Å². The van der Waals surface area contributed by atoms with Crippen LogP contribution in [0, 0.1) is 5.82 Å². The predicted octanol–water partition coefficient (Wildman–Crippen LogP) is 2.30. The summed E-state index contributed by atoms with van der Waals surface area (Å²) in [5.74, 6) is -0.222. The molecule has 0 saturated carbocycles. The number of ether oxygens (including phenoxy) is 1. The van der Waals surface area contributed by atoms with Crippen LogP contribution in [0.15, 0.2) is 22.7 Å². The second-order valence-electron chi connectivity index (χ2n) is 4.21. The van der Waals surface area contributed by atoms with E-state index in [1.807, 2.05) is 0 Å². The summed E-state index contributed by atoms with van der Waals surface area (Å²) in [6, 6.07) is 5.10. The van der Waals surface area contributed by atoms with Crippen LogP contribution in [0.4, 0.5) is 4.39 Å². The molecule has 0 heterocycles. The Morgan fingerprint density at radius 3 is 2.89 bits per heavy atom. The van der Waals surface area contributed by atoms with E-state index in [-0.39, 0.29) is 5.82 Å². The van der Waals surface area contributed by atoms with E-state index < -0.39 is 0 Å². The highest BCUT2D eigenvalue weighted by Gasteiger charge is 2.04. The molecule has 3 nitrogen and oxygen atoms in total. The van der Waals surface area contributed by atoms with Crippen LogP contribution in [0.5, 0.6) is 0 Å². The summed E-state index contributed by atoms with van der Waals surface area (Å²) >= 11 is 3.36. The van der Waals surface area contributed by atoms with Gasteiger partial charge in [0.15, 0.2) is 0 Å². The monoisotopic (exact) mass is 318 g/mol. The first-order chi connectivity index (χ1) is 8.63. The Hall–Kier alpha value is -0.490.